The number of halogens is 1. The molecule has 2 aliphatic rings. The van der Waals surface area contributed by atoms with Gasteiger partial charge in [-0.2, -0.15) is 4.39 Å². The number of rotatable bonds is 1. The SMILES string of the molecule is O=C(O)C1CC2(CCC2)c2c1cnc1cc(F)nn21. The van der Waals surface area contributed by atoms with E-state index in [4.69, 9.17) is 0 Å². The fraction of sp³-hybridized carbons (Fsp3) is 0.462. The topological polar surface area (TPSA) is 67.5 Å². The van der Waals surface area contributed by atoms with E-state index < -0.39 is 17.8 Å². The van der Waals surface area contributed by atoms with E-state index in [1.807, 2.05) is 0 Å². The van der Waals surface area contributed by atoms with Crippen LogP contribution in [0.25, 0.3) is 5.65 Å². The number of carbonyl (C=O) groups is 1. The first-order valence-corrected chi connectivity index (χ1v) is 6.38. The van der Waals surface area contributed by atoms with Crippen molar-refractivity contribution in [3.8, 4) is 0 Å². The van der Waals surface area contributed by atoms with Crippen LogP contribution in [-0.4, -0.2) is 25.7 Å². The molecule has 98 valence electrons. The Labute approximate surface area is 108 Å². The van der Waals surface area contributed by atoms with E-state index in [2.05, 4.69) is 10.1 Å². The molecule has 1 spiro atoms. The summed E-state index contributed by atoms with van der Waals surface area (Å²) in [7, 11) is 0. The first-order valence-electron chi connectivity index (χ1n) is 6.38. The van der Waals surface area contributed by atoms with E-state index in [-0.39, 0.29) is 5.41 Å². The molecule has 2 aromatic rings. The molecule has 5 nitrogen and oxygen atoms in total. The molecule has 1 unspecified atom stereocenters. The van der Waals surface area contributed by atoms with Crippen molar-refractivity contribution >= 4 is 11.6 Å². The second-order valence-corrected chi connectivity index (χ2v) is 5.53. The highest BCUT2D eigenvalue weighted by Gasteiger charge is 2.52. The Morgan fingerprint density at radius 3 is 2.95 bits per heavy atom. The molecule has 2 heterocycles. The summed E-state index contributed by atoms with van der Waals surface area (Å²) in [6.45, 7) is 0. The van der Waals surface area contributed by atoms with E-state index in [9.17, 15) is 14.3 Å². The highest BCUT2D eigenvalue weighted by molar-refractivity contribution is 5.78. The first-order chi connectivity index (χ1) is 9.11. The molecule has 0 radical (unpaired) electrons. The summed E-state index contributed by atoms with van der Waals surface area (Å²) in [5.41, 5.74) is 1.87. The van der Waals surface area contributed by atoms with Crippen LogP contribution in [-0.2, 0) is 10.2 Å². The Bertz CT molecular complexity index is 705. The zero-order valence-corrected chi connectivity index (χ0v) is 10.1. The summed E-state index contributed by atoms with van der Waals surface area (Å²) >= 11 is 0. The molecule has 1 atom stereocenters. The van der Waals surface area contributed by atoms with Crippen molar-refractivity contribution in [3.05, 3.63) is 29.5 Å². The second-order valence-electron chi connectivity index (χ2n) is 5.53. The van der Waals surface area contributed by atoms with E-state index in [1.54, 1.807) is 6.20 Å². The van der Waals surface area contributed by atoms with Gasteiger partial charge in [-0.3, -0.25) is 4.79 Å². The van der Waals surface area contributed by atoms with Crippen LogP contribution in [0.3, 0.4) is 0 Å². The van der Waals surface area contributed by atoms with Gasteiger partial charge in [0.1, 0.15) is 0 Å². The molecule has 0 bridgehead atoms. The lowest BCUT2D eigenvalue weighted by Crippen LogP contribution is -2.34. The second kappa shape index (κ2) is 3.31. The van der Waals surface area contributed by atoms with Crippen molar-refractivity contribution < 1.29 is 14.3 Å². The van der Waals surface area contributed by atoms with Gasteiger partial charge >= 0.3 is 5.97 Å². The molecule has 1 fully saturated rings. The van der Waals surface area contributed by atoms with Gasteiger partial charge in [-0.15, -0.1) is 5.10 Å². The Morgan fingerprint density at radius 2 is 2.32 bits per heavy atom. The zero-order chi connectivity index (χ0) is 13.2. The van der Waals surface area contributed by atoms with Crippen LogP contribution in [0.5, 0.6) is 0 Å². The molecule has 19 heavy (non-hydrogen) atoms. The molecule has 1 N–H and O–H groups in total. The van der Waals surface area contributed by atoms with Crippen molar-refractivity contribution in [2.45, 2.75) is 37.0 Å². The summed E-state index contributed by atoms with van der Waals surface area (Å²) in [6.07, 6.45) is 5.14. The maximum atomic E-state index is 13.3. The van der Waals surface area contributed by atoms with Gasteiger partial charge in [0.15, 0.2) is 5.65 Å². The highest BCUT2D eigenvalue weighted by Crippen LogP contribution is 2.56. The van der Waals surface area contributed by atoms with Crippen LogP contribution < -0.4 is 0 Å². The van der Waals surface area contributed by atoms with Crippen molar-refractivity contribution in [1.29, 1.82) is 0 Å². The van der Waals surface area contributed by atoms with Gasteiger partial charge in [-0.05, 0) is 19.3 Å². The fourth-order valence-electron chi connectivity index (χ4n) is 3.57. The largest absolute Gasteiger partial charge is 0.481 e. The molecule has 6 heteroatoms. The lowest BCUT2D eigenvalue weighted by atomic mass is 9.66. The van der Waals surface area contributed by atoms with Crippen molar-refractivity contribution in [3.63, 3.8) is 0 Å². The van der Waals surface area contributed by atoms with Crippen LogP contribution >= 0.6 is 0 Å². The Balaban J connectivity index is 2.03. The third kappa shape index (κ3) is 1.26. The highest BCUT2D eigenvalue weighted by atomic mass is 19.1. The number of carboxylic acids is 1. The third-order valence-electron chi connectivity index (χ3n) is 4.56. The van der Waals surface area contributed by atoms with Gasteiger partial charge in [0.05, 0.1) is 11.6 Å². The monoisotopic (exact) mass is 261 g/mol. The Morgan fingerprint density at radius 1 is 1.53 bits per heavy atom. The third-order valence-corrected chi connectivity index (χ3v) is 4.56. The van der Waals surface area contributed by atoms with Crippen LogP contribution in [0.15, 0.2) is 12.3 Å². The lowest BCUT2D eigenvalue weighted by Gasteiger charge is -2.39. The fourth-order valence-corrected chi connectivity index (χ4v) is 3.57. The van der Waals surface area contributed by atoms with Crippen LogP contribution in [0.4, 0.5) is 4.39 Å². The van der Waals surface area contributed by atoms with Gasteiger partial charge in [0.2, 0.25) is 5.95 Å². The molecule has 0 saturated heterocycles. The minimum atomic E-state index is -0.834. The predicted octanol–water partition coefficient (Wildman–Crippen LogP) is 1.86. The van der Waals surface area contributed by atoms with Crippen molar-refractivity contribution in [1.82, 2.24) is 14.6 Å². The van der Waals surface area contributed by atoms with E-state index in [0.29, 0.717) is 17.6 Å². The van der Waals surface area contributed by atoms with E-state index in [0.717, 1.165) is 25.0 Å². The molecule has 1 saturated carbocycles. The Kier molecular flexibility index (Phi) is 1.90. The Hall–Kier alpha value is -1.98. The molecule has 2 aliphatic carbocycles. The number of fused-ring (bicyclic) bond motifs is 4. The lowest BCUT2D eigenvalue weighted by molar-refractivity contribution is -0.139. The minimum absolute atomic E-state index is 0.141. The summed E-state index contributed by atoms with van der Waals surface area (Å²) in [5.74, 6) is -1.95. The van der Waals surface area contributed by atoms with Gasteiger partial charge in [0, 0.05) is 23.2 Å². The maximum Gasteiger partial charge on any atom is 0.311 e. The smallest absolute Gasteiger partial charge is 0.311 e. The van der Waals surface area contributed by atoms with Crippen molar-refractivity contribution in [2.75, 3.05) is 0 Å². The summed E-state index contributed by atoms with van der Waals surface area (Å²) < 4.78 is 14.8. The maximum absolute atomic E-state index is 13.3. The van der Waals surface area contributed by atoms with Crippen LogP contribution in [0.1, 0.15) is 42.9 Å². The molecule has 0 aromatic carbocycles. The average molecular weight is 261 g/mol. The number of carboxylic acid groups (broad SMARTS) is 1. The van der Waals surface area contributed by atoms with Crippen LogP contribution in [0, 0.1) is 5.95 Å². The average Bonchev–Trinajstić information content (AvgIpc) is 2.83. The zero-order valence-electron chi connectivity index (χ0n) is 10.1. The van der Waals surface area contributed by atoms with Crippen LogP contribution in [0.2, 0.25) is 0 Å². The number of hydrogen-bond acceptors (Lipinski definition) is 3. The summed E-state index contributed by atoms with van der Waals surface area (Å²) in [6, 6.07) is 1.28. The van der Waals surface area contributed by atoms with Gasteiger partial charge in [0.25, 0.3) is 0 Å². The minimum Gasteiger partial charge on any atom is -0.481 e. The number of aliphatic carboxylic acids is 1. The van der Waals surface area contributed by atoms with E-state index >= 15 is 0 Å². The number of nitrogens with zero attached hydrogens (tertiary/aromatic N) is 3. The molecule has 4 rings (SSSR count). The van der Waals surface area contributed by atoms with Gasteiger partial charge in [-0.1, -0.05) is 6.42 Å². The van der Waals surface area contributed by atoms with Crippen molar-refractivity contribution in [2.24, 2.45) is 0 Å². The summed E-state index contributed by atoms with van der Waals surface area (Å²) in [5, 5.41) is 13.2. The van der Waals surface area contributed by atoms with Gasteiger partial charge < -0.3 is 5.11 Å². The molecular weight excluding hydrogens is 249 g/mol. The number of hydrogen-bond donors (Lipinski definition) is 1. The molecular formula is C13H12FN3O2. The summed E-state index contributed by atoms with van der Waals surface area (Å²) in [4.78, 5) is 15.5. The first kappa shape index (κ1) is 10.9. The molecule has 2 aromatic heterocycles. The number of aromatic nitrogens is 3. The molecule has 0 aliphatic heterocycles. The van der Waals surface area contributed by atoms with Gasteiger partial charge in [-0.25, -0.2) is 9.50 Å². The predicted molar refractivity (Wildman–Crippen MR) is 63.5 cm³/mol. The quantitative estimate of drug-likeness (QED) is 0.850. The molecule has 0 amide bonds. The normalized spacial score (nSPS) is 23.5. The van der Waals surface area contributed by atoms with E-state index in [1.165, 1.54) is 10.6 Å². The standard InChI is InChI=1S/C13H12FN3O2/c14-9-4-10-15-6-8-7(12(18)19)5-13(2-1-3-13)11(8)17(10)16-9/h4,6-7H,1-3,5H2,(H,18,19).